The Kier molecular flexibility index (Phi) is 4.86. The number of carbonyl (C=O) groups is 2. The largest absolute Gasteiger partial charge is 0.486 e. The average Bonchev–Trinajstić information content (AvgIpc) is 2.63. The summed E-state index contributed by atoms with van der Waals surface area (Å²) >= 11 is 9.35. The van der Waals surface area contributed by atoms with Crippen LogP contribution in [0.3, 0.4) is 0 Å². The Balaban J connectivity index is 1.42. The van der Waals surface area contributed by atoms with Crippen molar-refractivity contribution in [3.8, 4) is 5.75 Å². The van der Waals surface area contributed by atoms with Gasteiger partial charge in [0.15, 0.2) is 5.78 Å². The number of carbonyl (C=O) groups excluding carboxylic acids is 2. The van der Waals surface area contributed by atoms with E-state index in [-0.39, 0.29) is 11.8 Å². The predicted molar refractivity (Wildman–Crippen MR) is 108 cm³/mol. The van der Waals surface area contributed by atoms with Crippen molar-refractivity contribution in [3.63, 3.8) is 0 Å². The maximum absolute atomic E-state index is 12.6. The molecule has 5 nitrogen and oxygen atoms in total. The van der Waals surface area contributed by atoms with E-state index in [4.69, 9.17) is 16.3 Å². The molecular weight excluding hydrogens is 432 g/mol. The van der Waals surface area contributed by atoms with Crippen LogP contribution in [0.1, 0.15) is 29.6 Å². The summed E-state index contributed by atoms with van der Waals surface area (Å²) in [7, 11) is 0. The number of benzene rings is 2. The molecule has 2 aromatic carbocycles. The highest BCUT2D eigenvalue weighted by molar-refractivity contribution is 9.10. The number of fused-ring (bicyclic) bond motifs is 1. The SMILES string of the molecule is O=C1CC2(CCN(C(=O)Nc3cccc(Cl)c3)CC2)Oc2ccc(Br)cc21. The minimum atomic E-state index is -0.523. The van der Waals surface area contributed by atoms with Crippen molar-refractivity contribution in [2.45, 2.75) is 24.9 Å². The van der Waals surface area contributed by atoms with Crippen LogP contribution in [0.15, 0.2) is 46.9 Å². The van der Waals surface area contributed by atoms with Gasteiger partial charge in [0.1, 0.15) is 11.4 Å². The van der Waals surface area contributed by atoms with Gasteiger partial charge in [0.05, 0.1) is 12.0 Å². The summed E-state index contributed by atoms with van der Waals surface area (Å²) in [6.45, 7) is 1.07. The fourth-order valence-electron chi connectivity index (χ4n) is 3.63. The lowest BCUT2D eigenvalue weighted by Crippen LogP contribution is -2.53. The Hall–Kier alpha value is -2.05. The minimum Gasteiger partial charge on any atom is -0.486 e. The van der Waals surface area contributed by atoms with Crippen LogP contribution in [0, 0.1) is 0 Å². The fraction of sp³-hybridized carbons (Fsp3) is 0.300. The molecule has 7 heteroatoms. The van der Waals surface area contributed by atoms with Crippen LogP contribution in [0.2, 0.25) is 5.02 Å². The number of anilines is 1. The number of nitrogens with zero attached hydrogens (tertiary/aromatic N) is 1. The van der Waals surface area contributed by atoms with Crippen molar-refractivity contribution in [3.05, 3.63) is 57.5 Å². The van der Waals surface area contributed by atoms with Crippen molar-refractivity contribution in [1.29, 1.82) is 0 Å². The van der Waals surface area contributed by atoms with Crippen molar-refractivity contribution in [1.82, 2.24) is 4.90 Å². The number of Topliss-reactive ketones (excluding diaryl/α,β-unsaturated/α-hetero) is 1. The monoisotopic (exact) mass is 448 g/mol. The first-order valence-corrected chi connectivity index (χ1v) is 9.95. The van der Waals surface area contributed by atoms with E-state index < -0.39 is 5.60 Å². The zero-order valence-electron chi connectivity index (χ0n) is 14.5. The van der Waals surface area contributed by atoms with Gasteiger partial charge < -0.3 is 15.0 Å². The highest BCUT2D eigenvalue weighted by Crippen LogP contribution is 2.40. The van der Waals surface area contributed by atoms with E-state index in [1.165, 1.54) is 0 Å². The van der Waals surface area contributed by atoms with Crippen LogP contribution in [0.4, 0.5) is 10.5 Å². The Bertz CT molecular complexity index is 910. The van der Waals surface area contributed by atoms with E-state index >= 15 is 0 Å². The molecule has 0 aliphatic carbocycles. The number of ketones is 1. The number of ether oxygens (including phenoxy) is 1. The molecule has 2 aliphatic rings. The number of piperidine rings is 1. The van der Waals surface area contributed by atoms with Crippen LogP contribution in [0.25, 0.3) is 0 Å². The molecule has 0 unspecified atom stereocenters. The van der Waals surface area contributed by atoms with Crippen LogP contribution >= 0.6 is 27.5 Å². The van der Waals surface area contributed by atoms with Gasteiger partial charge in [-0.3, -0.25) is 4.79 Å². The quantitative estimate of drug-likeness (QED) is 0.656. The van der Waals surface area contributed by atoms with Gasteiger partial charge in [-0.25, -0.2) is 4.79 Å². The second-order valence-electron chi connectivity index (χ2n) is 6.95. The molecule has 27 heavy (non-hydrogen) atoms. The van der Waals surface area contributed by atoms with Gasteiger partial charge >= 0.3 is 6.03 Å². The lowest BCUT2D eigenvalue weighted by molar-refractivity contribution is 0.000371. The molecule has 0 aromatic heterocycles. The number of amides is 2. The first-order chi connectivity index (χ1) is 12.9. The Labute approximate surface area is 170 Å². The van der Waals surface area contributed by atoms with Gasteiger partial charge in [0.2, 0.25) is 0 Å². The molecule has 2 aromatic rings. The summed E-state index contributed by atoms with van der Waals surface area (Å²) in [5.41, 5.74) is 0.762. The Morgan fingerprint density at radius 1 is 1.19 bits per heavy atom. The second-order valence-corrected chi connectivity index (χ2v) is 8.31. The van der Waals surface area contributed by atoms with Crippen LogP contribution in [-0.2, 0) is 0 Å². The molecule has 2 heterocycles. The van der Waals surface area contributed by atoms with Gasteiger partial charge in [-0.15, -0.1) is 0 Å². The molecule has 0 atom stereocenters. The molecule has 4 rings (SSSR count). The number of nitrogens with one attached hydrogen (secondary N) is 1. The zero-order chi connectivity index (χ0) is 19.0. The van der Waals surface area contributed by atoms with Crippen LogP contribution in [-0.4, -0.2) is 35.4 Å². The molecule has 1 fully saturated rings. The molecular formula is C20H18BrClN2O3. The molecule has 0 saturated carbocycles. The average molecular weight is 450 g/mol. The lowest BCUT2D eigenvalue weighted by atomic mass is 9.82. The van der Waals surface area contributed by atoms with Gasteiger partial charge in [0.25, 0.3) is 0 Å². The molecule has 1 saturated heterocycles. The summed E-state index contributed by atoms with van der Waals surface area (Å²) in [4.78, 5) is 26.8. The maximum Gasteiger partial charge on any atom is 0.321 e. The molecule has 1 N–H and O–H groups in total. The number of rotatable bonds is 1. The molecule has 0 bridgehead atoms. The van der Waals surface area contributed by atoms with E-state index in [1.54, 1.807) is 35.2 Å². The molecule has 1 spiro atoms. The fourth-order valence-corrected chi connectivity index (χ4v) is 4.18. The van der Waals surface area contributed by atoms with Gasteiger partial charge in [-0.05, 0) is 36.4 Å². The number of hydrogen-bond donors (Lipinski definition) is 1. The third-order valence-electron chi connectivity index (χ3n) is 5.09. The van der Waals surface area contributed by atoms with E-state index in [2.05, 4.69) is 21.2 Å². The predicted octanol–water partition coefficient (Wildman–Crippen LogP) is 5.13. The maximum atomic E-state index is 12.6. The van der Waals surface area contributed by atoms with Gasteiger partial charge in [0, 0.05) is 41.1 Å². The van der Waals surface area contributed by atoms with Crippen molar-refractivity contribution < 1.29 is 14.3 Å². The van der Waals surface area contributed by atoms with Crippen molar-refractivity contribution in [2.24, 2.45) is 0 Å². The van der Waals surface area contributed by atoms with Gasteiger partial charge in [-0.1, -0.05) is 33.6 Å². The number of halogens is 2. The standard InChI is InChI=1S/C20H18BrClN2O3/c21-13-4-5-18-16(10-13)17(25)12-20(27-18)6-8-24(9-7-20)19(26)23-15-3-1-2-14(22)11-15/h1-5,10-11H,6-9,12H2,(H,23,26). The van der Waals surface area contributed by atoms with Crippen molar-refractivity contribution >= 4 is 45.0 Å². The summed E-state index contributed by atoms with van der Waals surface area (Å²) < 4.78 is 7.09. The van der Waals surface area contributed by atoms with E-state index in [0.717, 1.165) is 4.47 Å². The Morgan fingerprint density at radius 2 is 1.96 bits per heavy atom. The smallest absolute Gasteiger partial charge is 0.321 e. The van der Waals surface area contributed by atoms with E-state index in [0.29, 0.717) is 54.4 Å². The number of urea groups is 1. The Morgan fingerprint density at radius 3 is 2.70 bits per heavy atom. The first-order valence-electron chi connectivity index (χ1n) is 8.77. The summed E-state index contributed by atoms with van der Waals surface area (Å²) in [5, 5.41) is 3.44. The van der Waals surface area contributed by atoms with Crippen molar-refractivity contribution in [2.75, 3.05) is 18.4 Å². The van der Waals surface area contributed by atoms with Gasteiger partial charge in [-0.2, -0.15) is 0 Å². The topological polar surface area (TPSA) is 58.6 Å². The lowest BCUT2D eigenvalue weighted by Gasteiger charge is -2.43. The molecule has 2 aliphatic heterocycles. The molecule has 2 amide bonds. The summed E-state index contributed by atoms with van der Waals surface area (Å²) in [6, 6.07) is 12.4. The minimum absolute atomic E-state index is 0.0920. The number of likely N-dealkylation sites (tertiary alicyclic amines) is 1. The molecule has 140 valence electrons. The highest BCUT2D eigenvalue weighted by atomic mass is 79.9. The second kappa shape index (κ2) is 7.17. The third-order valence-corrected chi connectivity index (χ3v) is 5.82. The molecule has 0 radical (unpaired) electrons. The first kappa shape index (κ1) is 18.3. The highest BCUT2D eigenvalue weighted by Gasteiger charge is 2.43. The third kappa shape index (κ3) is 3.82. The summed E-state index contributed by atoms with van der Waals surface area (Å²) in [6.07, 6.45) is 1.59. The van der Waals surface area contributed by atoms with E-state index in [1.807, 2.05) is 12.1 Å². The number of hydrogen-bond acceptors (Lipinski definition) is 3. The van der Waals surface area contributed by atoms with Crippen LogP contribution in [0.5, 0.6) is 5.75 Å². The normalized spacial score (nSPS) is 18.0. The van der Waals surface area contributed by atoms with Crippen LogP contribution < -0.4 is 10.1 Å². The van der Waals surface area contributed by atoms with E-state index in [9.17, 15) is 9.59 Å². The zero-order valence-corrected chi connectivity index (χ0v) is 16.8. The summed E-state index contributed by atoms with van der Waals surface area (Å²) in [5.74, 6) is 0.723.